The van der Waals surface area contributed by atoms with Crippen molar-refractivity contribution in [3.63, 3.8) is 0 Å². The zero-order valence-corrected chi connectivity index (χ0v) is 18.9. The van der Waals surface area contributed by atoms with Crippen LogP contribution in [-0.2, 0) is 4.79 Å². The van der Waals surface area contributed by atoms with E-state index in [1.807, 2.05) is 49.6 Å². The first-order chi connectivity index (χ1) is 15.0. The number of nitrogens with zero attached hydrogens (tertiary/aromatic N) is 5. The predicted molar refractivity (Wildman–Crippen MR) is 122 cm³/mol. The lowest BCUT2D eigenvalue weighted by atomic mass is 10.2. The van der Waals surface area contributed by atoms with Gasteiger partial charge in [-0.15, -0.1) is 10.2 Å². The van der Waals surface area contributed by atoms with Crippen LogP contribution in [0.1, 0.15) is 54.1 Å². The van der Waals surface area contributed by atoms with Crippen molar-refractivity contribution in [3.05, 3.63) is 53.0 Å². The first kappa shape index (κ1) is 21.2. The van der Waals surface area contributed by atoms with Gasteiger partial charge in [0, 0.05) is 11.7 Å². The van der Waals surface area contributed by atoms with E-state index in [1.54, 1.807) is 6.33 Å². The molecule has 0 saturated heterocycles. The molecule has 3 aromatic rings. The summed E-state index contributed by atoms with van der Waals surface area (Å²) in [5, 5.41) is 21.6. The second-order valence-corrected chi connectivity index (χ2v) is 8.90. The summed E-state index contributed by atoms with van der Waals surface area (Å²) >= 11 is 1.33. The number of anilines is 1. The van der Waals surface area contributed by atoms with Gasteiger partial charge in [-0.3, -0.25) is 9.36 Å². The van der Waals surface area contributed by atoms with Gasteiger partial charge in [0.05, 0.1) is 17.0 Å². The lowest BCUT2D eigenvalue weighted by molar-refractivity contribution is -0.113. The molecule has 0 atom stereocenters. The van der Waals surface area contributed by atoms with Gasteiger partial charge in [-0.2, -0.15) is 5.26 Å². The van der Waals surface area contributed by atoms with Crippen LogP contribution in [0, 0.1) is 32.1 Å². The number of hydrogen-bond acceptors (Lipinski definition) is 5. The molecule has 31 heavy (non-hydrogen) atoms. The van der Waals surface area contributed by atoms with E-state index >= 15 is 0 Å². The number of rotatable bonds is 6. The first-order valence-electron chi connectivity index (χ1n) is 10.5. The zero-order chi connectivity index (χ0) is 22.0. The third-order valence-electron chi connectivity index (χ3n) is 6.04. The molecule has 1 saturated carbocycles. The Bertz CT molecular complexity index is 1150. The molecule has 1 aliphatic carbocycles. The maximum Gasteiger partial charge on any atom is 0.235 e. The standard InChI is InChI=1S/C23H26N6OS/c1-15-8-4-7-11-20(15)28-14-25-27-23(28)31-13-21(30)26-22-19(12-24)16(2)17(3)29(22)18-9-5-6-10-18/h4,7-8,11,14,18H,5-6,9-10,13H2,1-3H3,(H,26,30). The van der Waals surface area contributed by atoms with Crippen molar-refractivity contribution in [2.45, 2.75) is 57.7 Å². The molecule has 0 unspecified atom stereocenters. The fourth-order valence-corrected chi connectivity index (χ4v) is 5.05. The molecular weight excluding hydrogens is 408 g/mol. The molecule has 0 spiro atoms. The van der Waals surface area contributed by atoms with Gasteiger partial charge in [0.15, 0.2) is 5.16 Å². The molecule has 1 aromatic carbocycles. The van der Waals surface area contributed by atoms with Crippen molar-refractivity contribution in [3.8, 4) is 11.8 Å². The van der Waals surface area contributed by atoms with Crippen LogP contribution in [0.5, 0.6) is 0 Å². The highest BCUT2D eigenvalue weighted by Gasteiger charge is 2.26. The number of thioether (sulfide) groups is 1. The number of para-hydroxylation sites is 1. The van der Waals surface area contributed by atoms with E-state index in [-0.39, 0.29) is 11.7 Å². The molecule has 160 valence electrons. The second kappa shape index (κ2) is 8.98. The minimum absolute atomic E-state index is 0.155. The largest absolute Gasteiger partial charge is 0.327 e. The van der Waals surface area contributed by atoms with Crippen LogP contribution in [0.4, 0.5) is 5.82 Å². The summed E-state index contributed by atoms with van der Waals surface area (Å²) in [6.07, 6.45) is 6.18. The van der Waals surface area contributed by atoms with Gasteiger partial charge in [-0.25, -0.2) is 0 Å². The summed E-state index contributed by atoms with van der Waals surface area (Å²) in [5.74, 6) is 0.663. The van der Waals surface area contributed by atoms with Crippen molar-refractivity contribution in [1.82, 2.24) is 19.3 Å². The maximum absolute atomic E-state index is 12.9. The van der Waals surface area contributed by atoms with Crippen LogP contribution in [-0.4, -0.2) is 31.0 Å². The Labute approximate surface area is 186 Å². The fourth-order valence-electron chi connectivity index (χ4n) is 4.33. The molecule has 4 rings (SSSR count). The molecule has 0 radical (unpaired) electrons. The molecule has 8 heteroatoms. The molecule has 1 aliphatic rings. The van der Waals surface area contributed by atoms with Crippen LogP contribution < -0.4 is 5.32 Å². The lowest BCUT2D eigenvalue weighted by Gasteiger charge is -2.19. The average Bonchev–Trinajstić information content (AvgIpc) is 3.49. The summed E-state index contributed by atoms with van der Waals surface area (Å²) in [7, 11) is 0. The molecule has 0 bridgehead atoms. The first-order valence-corrected chi connectivity index (χ1v) is 11.5. The fraction of sp³-hybridized carbons (Fsp3) is 0.391. The smallest absolute Gasteiger partial charge is 0.235 e. The Balaban J connectivity index is 1.52. The van der Waals surface area contributed by atoms with Gasteiger partial charge in [-0.1, -0.05) is 42.8 Å². The van der Waals surface area contributed by atoms with Gasteiger partial charge >= 0.3 is 0 Å². The minimum Gasteiger partial charge on any atom is -0.327 e. The molecular formula is C23H26N6OS. The van der Waals surface area contributed by atoms with Crippen LogP contribution in [0.15, 0.2) is 35.7 Å². The van der Waals surface area contributed by atoms with Gasteiger partial charge < -0.3 is 9.88 Å². The van der Waals surface area contributed by atoms with Crippen molar-refractivity contribution >= 4 is 23.5 Å². The average molecular weight is 435 g/mol. The lowest BCUT2D eigenvalue weighted by Crippen LogP contribution is -2.20. The zero-order valence-electron chi connectivity index (χ0n) is 18.1. The van der Waals surface area contributed by atoms with E-state index in [1.165, 1.54) is 24.6 Å². The van der Waals surface area contributed by atoms with E-state index in [0.717, 1.165) is 35.3 Å². The number of hydrogen-bond donors (Lipinski definition) is 1. The Morgan fingerprint density at radius 3 is 2.71 bits per heavy atom. The van der Waals surface area contributed by atoms with Crippen molar-refractivity contribution in [2.75, 3.05) is 11.1 Å². The predicted octanol–water partition coefficient (Wildman–Crippen LogP) is 4.71. The third kappa shape index (κ3) is 4.10. The van der Waals surface area contributed by atoms with Crippen LogP contribution >= 0.6 is 11.8 Å². The van der Waals surface area contributed by atoms with E-state index in [0.29, 0.717) is 22.6 Å². The summed E-state index contributed by atoms with van der Waals surface area (Å²) in [6.45, 7) is 6.01. The van der Waals surface area contributed by atoms with Gasteiger partial charge in [0.2, 0.25) is 5.91 Å². The normalized spacial score (nSPS) is 14.0. The molecule has 1 amide bonds. The summed E-state index contributed by atoms with van der Waals surface area (Å²) in [4.78, 5) is 12.9. The Morgan fingerprint density at radius 1 is 1.26 bits per heavy atom. The Kier molecular flexibility index (Phi) is 6.14. The molecule has 2 heterocycles. The summed E-state index contributed by atoms with van der Waals surface area (Å²) in [5.41, 5.74) is 4.66. The van der Waals surface area contributed by atoms with E-state index in [2.05, 4.69) is 26.2 Å². The van der Waals surface area contributed by atoms with Crippen molar-refractivity contribution in [1.29, 1.82) is 5.26 Å². The molecule has 2 aromatic heterocycles. The van der Waals surface area contributed by atoms with Gasteiger partial charge in [0.1, 0.15) is 18.2 Å². The monoisotopic (exact) mass is 434 g/mol. The number of carbonyl (C=O) groups is 1. The van der Waals surface area contributed by atoms with Gasteiger partial charge in [0.25, 0.3) is 0 Å². The Morgan fingerprint density at radius 2 is 2.00 bits per heavy atom. The summed E-state index contributed by atoms with van der Waals surface area (Å²) in [6, 6.07) is 10.6. The van der Waals surface area contributed by atoms with E-state index in [9.17, 15) is 10.1 Å². The SMILES string of the molecule is Cc1ccccc1-n1cnnc1SCC(=O)Nc1c(C#N)c(C)c(C)n1C1CCCC1. The van der Waals surface area contributed by atoms with E-state index in [4.69, 9.17) is 0 Å². The number of aromatic nitrogens is 4. The highest BCUT2D eigenvalue weighted by molar-refractivity contribution is 7.99. The highest BCUT2D eigenvalue weighted by atomic mass is 32.2. The molecule has 1 N–H and O–H groups in total. The third-order valence-corrected chi connectivity index (χ3v) is 6.98. The number of amides is 1. The topological polar surface area (TPSA) is 88.5 Å². The molecule has 1 fully saturated rings. The number of nitriles is 1. The quantitative estimate of drug-likeness (QED) is 0.568. The highest BCUT2D eigenvalue weighted by Crippen LogP contribution is 2.37. The Hall–Kier alpha value is -3.05. The van der Waals surface area contributed by atoms with Crippen LogP contribution in [0.25, 0.3) is 5.69 Å². The number of nitrogens with one attached hydrogen (secondary N) is 1. The molecule has 0 aliphatic heterocycles. The maximum atomic E-state index is 12.9. The minimum atomic E-state index is -0.155. The van der Waals surface area contributed by atoms with Crippen LogP contribution in [0.2, 0.25) is 0 Å². The number of benzene rings is 1. The van der Waals surface area contributed by atoms with E-state index < -0.39 is 0 Å². The van der Waals surface area contributed by atoms with Crippen molar-refractivity contribution in [2.24, 2.45) is 0 Å². The number of carbonyl (C=O) groups excluding carboxylic acids is 1. The number of aryl methyl sites for hydroxylation is 1. The second-order valence-electron chi connectivity index (χ2n) is 7.96. The van der Waals surface area contributed by atoms with Crippen molar-refractivity contribution < 1.29 is 4.79 Å². The summed E-state index contributed by atoms with van der Waals surface area (Å²) < 4.78 is 4.06. The molecule has 7 nitrogen and oxygen atoms in total. The van der Waals surface area contributed by atoms with Gasteiger partial charge in [-0.05, 0) is 50.8 Å². The van der Waals surface area contributed by atoms with Crippen LogP contribution in [0.3, 0.4) is 0 Å².